The second-order valence-electron chi connectivity index (χ2n) is 6.17. The molecular weight excluding hydrogens is 424 g/mol. The van der Waals surface area contributed by atoms with Gasteiger partial charge in [-0.2, -0.15) is 0 Å². The first kappa shape index (κ1) is 20.0. The molecule has 3 aromatic rings. The summed E-state index contributed by atoms with van der Waals surface area (Å²) in [4.78, 5) is 29.1. The van der Waals surface area contributed by atoms with Crippen molar-refractivity contribution in [1.29, 1.82) is 0 Å². The molecule has 1 aliphatic heterocycles. The topological polar surface area (TPSA) is 80.9 Å². The van der Waals surface area contributed by atoms with Crippen molar-refractivity contribution in [3.05, 3.63) is 81.9 Å². The molecule has 1 amide bonds. The van der Waals surface area contributed by atoms with Gasteiger partial charge in [-0.3, -0.25) is 4.79 Å². The summed E-state index contributed by atoms with van der Waals surface area (Å²) in [7, 11) is 1.33. The molecule has 4 rings (SSSR count). The van der Waals surface area contributed by atoms with E-state index in [4.69, 9.17) is 20.8 Å². The third-order valence-electron chi connectivity index (χ3n) is 4.22. The molecule has 0 atom stereocenters. The molecule has 0 bridgehead atoms. The van der Waals surface area contributed by atoms with E-state index in [2.05, 4.69) is 10.3 Å². The molecule has 0 unspecified atom stereocenters. The summed E-state index contributed by atoms with van der Waals surface area (Å²) >= 11 is 7.31. The van der Waals surface area contributed by atoms with E-state index in [-0.39, 0.29) is 5.91 Å². The van der Waals surface area contributed by atoms with Crippen LogP contribution in [-0.2, 0) is 9.53 Å². The summed E-state index contributed by atoms with van der Waals surface area (Å²) in [6, 6.07) is 17.6. The highest BCUT2D eigenvalue weighted by molar-refractivity contribution is 8.18. The predicted molar refractivity (Wildman–Crippen MR) is 118 cm³/mol. The van der Waals surface area contributed by atoms with E-state index >= 15 is 0 Å². The van der Waals surface area contributed by atoms with Gasteiger partial charge in [0.05, 0.1) is 28.3 Å². The van der Waals surface area contributed by atoms with E-state index in [1.807, 2.05) is 12.1 Å². The molecule has 1 N–H and O–H groups in total. The first-order valence-corrected chi connectivity index (χ1v) is 10.1. The minimum atomic E-state index is -0.451. The Morgan fingerprint density at radius 2 is 1.90 bits per heavy atom. The lowest BCUT2D eigenvalue weighted by Gasteiger charge is -2.04. The fraction of sp³-hybridized carbons (Fsp3) is 0.0455. The minimum absolute atomic E-state index is 0.279. The number of carbonyl (C=O) groups is 2. The molecule has 30 heavy (non-hydrogen) atoms. The SMILES string of the molecule is COC(=O)c1ccccc1-c1ccc(C=C2SC(=Nc3ccccc3Cl)NC2=O)o1. The number of amidine groups is 1. The van der Waals surface area contributed by atoms with E-state index < -0.39 is 5.97 Å². The molecule has 2 aromatic carbocycles. The number of para-hydroxylation sites is 1. The number of thioether (sulfide) groups is 1. The van der Waals surface area contributed by atoms with Gasteiger partial charge >= 0.3 is 5.97 Å². The number of esters is 1. The Morgan fingerprint density at radius 3 is 2.70 bits per heavy atom. The predicted octanol–water partition coefficient (Wildman–Crippen LogP) is 5.28. The van der Waals surface area contributed by atoms with Crippen molar-refractivity contribution < 1.29 is 18.7 Å². The average molecular weight is 439 g/mol. The first-order valence-electron chi connectivity index (χ1n) is 8.87. The van der Waals surface area contributed by atoms with Crippen LogP contribution < -0.4 is 5.32 Å². The van der Waals surface area contributed by atoms with Gasteiger partial charge in [-0.15, -0.1) is 0 Å². The monoisotopic (exact) mass is 438 g/mol. The lowest BCUT2D eigenvalue weighted by molar-refractivity contribution is -0.115. The normalized spacial score (nSPS) is 16.1. The number of amides is 1. The van der Waals surface area contributed by atoms with E-state index in [1.54, 1.807) is 54.6 Å². The molecule has 2 heterocycles. The molecule has 0 saturated carbocycles. The third kappa shape index (κ3) is 4.17. The Balaban J connectivity index is 1.59. The number of hydrogen-bond acceptors (Lipinski definition) is 6. The smallest absolute Gasteiger partial charge is 0.338 e. The number of rotatable bonds is 4. The van der Waals surface area contributed by atoms with Crippen molar-refractivity contribution in [2.75, 3.05) is 7.11 Å². The number of benzene rings is 2. The molecule has 1 aromatic heterocycles. The lowest BCUT2D eigenvalue weighted by atomic mass is 10.1. The first-order chi connectivity index (χ1) is 14.5. The maximum absolute atomic E-state index is 12.3. The summed E-state index contributed by atoms with van der Waals surface area (Å²) in [5, 5.41) is 3.64. The van der Waals surface area contributed by atoms with Crippen molar-refractivity contribution in [3.8, 4) is 11.3 Å². The Morgan fingerprint density at radius 1 is 1.13 bits per heavy atom. The second kappa shape index (κ2) is 8.61. The fourth-order valence-electron chi connectivity index (χ4n) is 2.82. The Kier molecular flexibility index (Phi) is 5.74. The largest absolute Gasteiger partial charge is 0.465 e. The fourth-order valence-corrected chi connectivity index (χ4v) is 3.82. The van der Waals surface area contributed by atoms with Gasteiger partial charge in [0, 0.05) is 11.6 Å². The Hall–Kier alpha value is -3.29. The van der Waals surface area contributed by atoms with Crippen LogP contribution in [0.5, 0.6) is 0 Å². The quantitative estimate of drug-likeness (QED) is 0.443. The van der Waals surface area contributed by atoms with Crippen LogP contribution in [-0.4, -0.2) is 24.2 Å². The van der Waals surface area contributed by atoms with E-state index in [0.717, 1.165) is 0 Å². The van der Waals surface area contributed by atoms with Crippen LogP contribution in [0.3, 0.4) is 0 Å². The van der Waals surface area contributed by atoms with Gasteiger partial charge in [0.2, 0.25) is 0 Å². The van der Waals surface area contributed by atoms with Crippen LogP contribution in [0.15, 0.2) is 75.0 Å². The molecule has 8 heteroatoms. The third-order valence-corrected chi connectivity index (χ3v) is 5.45. The van der Waals surface area contributed by atoms with Crippen LogP contribution >= 0.6 is 23.4 Å². The molecule has 1 fully saturated rings. The number of nitrogens with one attached hydrogen (secondary N) is 1. The molecule has 1 saturated heterocycles. The van der Waals surface area contributed by atoms with E-state index in [0.29, 0.717) is 43.4 Å². The van der Waals surface area contributed by atoms with Crippen molar-refractivity contribution in [1.82, 2.24) is 5.32 Å². The highest BCUT2D eigenvalue weighted by Gasteiger charge is 2.25. The van der Waals surface area contributed by atoms with Crippen molar-refractivity contribution in [2.24, 2.45) is 4.99 Å². The van der Waals surface area contributed by atoms with Crippen molar-refractivity contribution in [2.45, 2.75) is 0 Å². The Labute approximate surface area is 181 Å². The molecule has 0 aliphatic carbocycles. The molecule has 0 radical (unpaired) electrons. The highest BCUT2D eigenvalue weighted by atomic mass is 35.5. The number of carbonyl (C=O) groups excluding carboxylic acids is 2. The summed E-state index contributed by atoms with van der Waals surface area (Å²) < 4.78 is 10.7. The molecule has 1 aliphatic rings. The van der Waals surface area contributed by atoms with Crippen LogP contribution in [0.1, 0.15) is 16.1 Å². The van der Waals surface area contributed by atoms with Gasteiger partial charge in [-0.05, 0) is 42.1 Å². The van der Waals surface area contributed by atoms with E-state index in [1.165, 1.54) is 18.9 Å². The van der Waals surface area contributed by atoms with Gasteiger partial charge in [0.25, 0.3) is 5.91 Å². The average Bonchev–Trinajstić information content (AvgIpc) is 3.36. The van der Waals surface area contributed by atoms with Gasteiger partial charge < -0.3 is 14.5 Å². The lowest BCUT2D eigenvalue weighted by Crippen LogP contribution is -2.19. The molecule has 6 nitrogen and oxygen atoms in total. The second-order valence-corrected chi connectivity index (χ2v) is 7.61. The summed E-state index contributed by atoms with van der Waals surface area (Å²) in [5.74, 6) is 0.240. The van der Waals surface area contributed by atoms with Gasteiger partial charge in [0.1, 0.15) is 11.5 Å². The summed E-state index contributed by atoms with van der Waals surface area (Å²) in [6.45, 7) is 0. The zero-order chi connectivity index (χ0) is 21.1. The van der Waals surface area contributed by atoms with Gasteiger partial charge in [0.15, 0.2) is 5.17 Å². The number of furan rings is 1. The van der Waals surface area contributed by atoms with Crippen molar-refractivity contribution in [3.63, 3.8) is 0 Å². The zero-order valence-electron chi connectivity index (χ0n) is 15.7. The summed E-state index contributed by atoms with van der Waals surface area (Å²) in [5.41, 5.74) is 1.58. The van der Waals surface area contributed by atoms with Crippen LogP contribution in [0.25, 0.3) is 17.4 Å². The summed E-state index contributed by atoms with van der Waals surface area (Å²) in [6.07, 6.45) is 1.62. The minimum Gasteiger partial charge on any atom is -0.465 e. The molecular formula is C22H15ClN2O4S. The van der Waals surface area contributed by atoms with Crippen LogP contribution in [0, 0.1) is 0 Å². The van der Waals surface area contributed by atoms with Gasteiger partial charge in [-0.1, -0.05) is 41.9 Å². The standard InChI is InChI=1S/C22H15ClN2O4S/c1-28-21(27)15-7-3-2-6-14(15)18-11-10-13(29-18)12-19-20(26)25-22(30-19)24-17-9-5-4-8-16(17)23/h2-12H,1H3,(H,24,25,26). The number of aliphatic imine (C=N–C) groups is 1. The maximum atomic E-state index is 12.3. The maximum Gasteiger partial charge on any atom is 0.338 e. The van der Waals surface area contributed by atoms with Crippen LogP contribution in [0.2, 0.25) is 5.02 Å². The number of halogens is 1. The van der Waals surface area contributed by atoms with E-state index in [9.17, 15) is 9.59 Å². The highest BCUT2D eigenvalue weighted by Crippen LogP contribution is 2.32. The zero-order valence-corrected chi connectivity index (χ0v) is 17.3. The Bertz CT molecular complexity index is 1200. The number of ether oxygens (including phenoxy) is 1. The van der Waals surface area contributed by atoms with Crippen molar-refractivity contribution >= 4 is 52.2 Å². The van der Waals surface area contributed by atoms with Crippen LogP contribution in [0.4, 0.5) is 5.69 Å². The number of nitrogens with zero attached hydrogens (tertiary/aromatic N) is 1. The van der Waals surface area contributed by atoms with Gasteiger partial charge in [-0.25, -0.2) is 9.79 Å². The molecule has 150 valence electrons. The number of hydrogen-bond donors (Lipinski definition) is 1. The number of methoxy groups -OCH3 is 1. The molecule has 0 spiro atoms.